The van der Waals surface area contributed by atoms with Crippen LogP contribution < -0.4 is 0 Å². The lowest BCUT2D eigenvalue weighted by Gasteiger charge is -2.34. The fourth-order valence-corrected chi connectivity index (χ4v) is 2.03. The van der Waals surface area contributed by atoms with Crippen molar-refractivity contribution in [2.75, 3.05) is 26.8 Å². The summed E-state index contributed by atoms with van der Waals surface area (Å²) in [5.74, 6) is 0. The molecule has 0 radical (unpaired) electrons. The molecule has 0 aromatic heterocycles. The van der Waals surface area contributed by atoms with Gasteiger partial charge in [0.05, 0.1) is 6.61 Å². The summed E-state index contributed by atoms with van der Waals surface area (Å²) in [6.45, 7) is 5.57. The van der Waals surface area contributed by atoms with Crippen LogP contribution in [0.3, 0.4) is 0 Å². The molecule has 0 aromatic carbocycles. The molecular formula is C10H21NO. The minimum absolute atomic E-state index is 0.828. The highest BCUT2D eigenvalue weighted by molar-refractivity contribution is 4.75. The first kappa shape index (κ1) is 10.0. The second-order valence-corrected chi connectivity index (χ2v) is 3.59. The fourth-order valence-electron chi connectivity index (χ4n) is 2.03. The third kappa shape index (κ3) is 2.76. The van der Waals surface area contributed by atoms with E-state index in [9.17, 15) is 0 Å². The lowest BCUT2D eigenvalue weighted by molar-refractivity contribution is 0.0942. The molecule has 2 nitrogen and oxygen atoms in total. The number of rotatable bonds is 4. The highest BCUT2D eigenvalue weighted by atomic mass is 16.5. The van der Waals surface area contributed by atoms with Gasteiger partial charge in [-0.15, -0.1) is 0 Å². The highest BCUT2D eigenvalue weighted by Crippen LogP contribution is 2.18. The van der Waals surface area contributed by atoms with E-state index in [0.29, 0.717) is 0 Å². The smallest absolute Gasteiger partial charge is 0.0589 e. The molecule has 0 amide bonds. The van der Waals surface area contributed by atoms with E-state index >= 15 is 0 Å². The highest BCUT2D eigenvalue weighted by Gasteiger charge is 2.19. The van der Waals surface area contributed by atoms with Gasteiger partial charge in [0.2, 0.25) is 0 Å². The molecule has 1 unspecified atom stereocenters. The Bertz CT molecular complexity index is 116. The van der Waals surface area contributed by atoms with Crippen LogP contribution in [0.15, 0.2) is 0 Å². The summed E-state index contributed by atoms with van der Waals surface area (Å²) < 4.78 is 5.10. The number of piperidine rings is 1. The van der Waals surface area contributed by atoms with Gasteiger partial charge in [-0.25, -0.2) is 0 Å². The molecule has 12 heavy (non-hydrogen) atoms. The van der Waals surface area contributed by atoms with Crippen molar-refractivity contribution >= 4 is 0 Å². The van der Waals surface area contributed by atoms with Crippen molar-refractivity contribution in [1.29, 1.82) is 0 Å². The summed E-state index contributed by atoms with van der Waals surface area (Å²) in [5.41, 5.74) is 0. The molecule has 0 saturated carbocycles. The van der Waals surface area contributed by atoms with Crippen LogP contribution in [0, 0.1) is 0 Å². The van der Waals surface area contributed by atoms with Gasteiger partial charge in [-0.05, 0) is 25.8 Å². The molecular weight excluding hydrogens is 150 g/mol. The van der Waals surface area contributed by atoms with E-state index in [1.807, 2.05) is 0 Å². The maximum Gasteiger partial charge on any atom is 0.0589 e. The quantitative estimate of drug-likeness (QED) is 0.640. The van der Waals surface area contributed by atoms with Gasteiger partial charge in [-0.3, -0.25) is 4.90 Å². The third-order valence-corrected chi connectivity index (χ3v) is 2.80. The van der Waals surface area contributed by atoms with Gasteiger partial charge in [0.25, 0.3) is 0 Å². The van der Waals surface area contributed by atoms with Crippen molar-refractivity contribution in [3.05, 3.63) is 0 Å². The zero-order chi connectivity index (χ0) is 8.81. The largest absolute Gasteiger partial charge is 0.383 e. The zero-order valence-corrected chi connectivity index (χ0v) is 8.38. The number of hydrogen-bond acceptors (Lipinski definition) is 2. The van der Waals surface area contributed by atoms with Gasteiger partial charge in [0.15, 0.2) is 0 Å². The summed E-state index contributed by atoms with van der Waals surface area (Å²) in [4.78, 5) is 2.58. The van der Waals surface area contributed by atoms with E-state index in [4.69, 9.17) is 4.74 Å². The molecule has 1 saturated heterocycles. The minimum Gasteiger partial charge on any atom is -0.383 e. The van der Waals surface area contributed by atoms with E-state index < -0.39 is 0 Å². The fraction of sp³-hybridized carbons (Fsp3) is 1.00. The number of nitrogens with zero attached hydrogens (tertiary/aromatic N) is 1. The second-order valence-electron chi connectivity index (χ2n) is 3.59. The summed E-state index contributed by atoms with van der Waals surface area (Å²) in [5, 5.41) is 0. The maximum absolute atomic E-state index is 5.10. The molecule has 1 heterocycles. The molecule has 1 rings (SSSR count). The van der Waals surface area contributed by atoms with Crippen LogP contribution in [0.1, 0.15) is 32.6 Å². The van der Waals surface area contributed by atoms with Crippen LogP contribution >= 0.6 is 0 Å². The SMILES string of the molecule is CCC1CCCCN1CCOC. The van der Waals surface area contributed by atoms with Crippen molar-refractivity contribution in [2.24, 2.45) is 0 Å². The van der Waals surface area contributed by atoms with Gasteiger partial charge in [-0.1, -0.05) is 13.3 Å². The molecule has 0 bridgehead atoms. The van der Waals surface area contributed by atoms with Crippen molar-refractivity contribution in [1.82, 2.24) is 4.90 Å². The van der Waals surface area contributed by atoms with Gasteiger partial charge < -0.3 is 4.74 Å². The Hall–Kier alpha value is -0.0800. The van der Waals surface area contributed by atoms with Gasteiger partial charge in [0.1, 0.15) is 0 Å². The normalized spacial score (nSPS) is 26.0. The van der Waals surface area contributed by atoms with Gasteiger partial charge in [0, 0.05) is 19.7 Å². The Morgan fingerprint density at radius 1 is 1.42 bits per heavy atom. The Kier molecular flexibility index (Phi) is 4.62. The third-order valence-electron chi connectivity index (χ3n) is 2.80. The molecule has 0 aromatic rings. The van der Waals surface area contributed by atoms with Gasteiger partial charge >= 0.3 is 0 Å². The topological polar surface area (TPSA) is 12.5 Å². The summed E-state index contributed by atoms with van der Waals surface area (Å²) >= 11 is 0. The minimum atomic E-state index is 0.828. The average Bonchev–Trinajstić information content (AvgIpc) is 2.15. The number of ether oxygens (including phenoxy) is 1. The van der Waals surface area contributed by atoms with E-state index in [2.05, 4.69) is 11.8 Å². The maximum atomic E-state index is 5.10. The Morgan fingerprint density at radius 3 is 2.92 bits per heavy atom. The van der Waals surface area contributed by atoms with E-state index in [-0.39, 0.29) is 0 Å². The molecule has 2 heteroatoms. The first-order chi connectivity index (χ1) is 5.88. The molecule has 1 aliphatic rings. The van der Waals surface area contributed by atoms with Crippen LogP contribution in [-0.4, -0.2) is 37.7 Å². The standard InChI is InChI=1S/C10H21NO/c1-3-10-6-4-5-7-11(10)8-9-12-2/h10H,3-9H2,1-2H3. The van der Waals surface area contributed by atoms with Crippen LogP contribution in [-0.2, 0) is 4.74 Å². The summed E-state index contributed by atoms with van der Waals surface area (Å²) in [6.07, 6.45) is 5.48. The predicted molar refractivity (Wildman–Crippen MR) is 51.4 cm³/mol. The average molecular weight is 171 g/mol. The first-order valence-electron chi connectivity index (χ1n) is 5.11. The zero-order valence-electron chi connectivity index (χ0n) is 8.38. The van der Waals surface area contributed by atoms with Crippen molar-refractivity contribution in [3.8, 4) is 0 Å². The molecule has 1 aliphatic heterocycles. The monoisotopic (exact) mass is 171 g/mol. The molecule has 0 spiro atoms. The number of methoxy groups -OCH3 is 1. The lowest BCUT2D eigenvalue weighted by Crippen LogP contribution is -2.40. The van der Waals surface area contributed by atoms with E-state index in [0.717, 1.165) is 19.2 Å². The molecule has 1 fully saturated rings. The Balaban J connectivity index is 2.26. The summed E-state index contributed by atoms with van der Waals surface area (Å²) in [6, 6.07) is 0.828. The summed E-state index contributed by atoms with van der Waals surface area (Å²) in [7, 11) is 1.78. The predicted octanol–water partition coefficient (Wildman–Crippen LogP) is 1.90. The molecule has 0 aliphatic carbocycles. The Labute approximate surface area is 75.9 Å². The molecule has 1 atom stereocenters. The van der Waals surface area contributed by atoms with E-state index in [1.165, 1.54) is 32.2 Å². The number of hydrogen-bond donors (Lipinski definition) is 0. The van der Waals surface area contributed by atoms with Crippen molar-refractivity contribution < 1.29 is 4.74 Å². The van der Waals surface area contributed by atoms with Crippen LogP contribution in [0.2, 0.25) is 0 Å². The first-order valence-corrected chi connectivity index (χ1v) is 5.11. The van der Waals surface area contributed by atoms with E-state index in [1.54, 1.807) is 7.11 Å². The lowest BCUT2D eigenvalue weighted by atomic mass is 10.0. The molecule has 0 N–H and O–H groups in total. The van der Waals surface area contributed by atoms with Crippen LogP contribution in [0.25, 0.3) is 0 Å². The van der Waals surface area contributed by atoms with Crippen molar-refractivity contribution in [3.63, 3.8) is 0 Å². The van der Waals surface area contributed by atoms with Crippen LogP contribution in [0.4, 0.5) is 0 Å². The second kappa shape index (κ2) is 5.55. The van der Waals surface area contributed by atoms with Crippen molar-refractivity contribution in [2.45, 2.75) is 38.6 Å². The van der Waals surface area contributed by atoms with Crippen LogP contribution in [0.5, 0.6) is 0 Å². The number of likely N-dealkylation sites (tertiary alicyclic amines) is 1. The molecule has 72 valence electrons. The van der Waals surface area contributed by atoms with Gasteiger partial charge in [-0.2, -0.15) is 0 Å². The Morgan fingerprint density at radius 2 is 2.25 bits per heavy atom.